The SMILES string of the molecule is Nc1cnc2c(c1)CN(C(=O)Nc1ccccc1)CC2. The molecule has 0 radical (unpaired) electrons. The Bertz CT molecular complexity index is 627. The maximum atomic E-state index is 12.2. The number of carbonyl (C=O) groups is 1. The lowest BCUT2D eigenvalue weighted by Gasteiger charge is -2.28. The van der Waals surface area contributed by atoms with E-state index in [4.69, 9.17) is 5.73 Å². The molecule has 1 aliphatic rings. The van der Waals surface area contributed by atoms with Crippen molar-refractivity contribution in [3.63, 3.8) is 0 Å². The summed E-state index contributed by atoms with van der Waals surface area (Å²) in [4.78, 5) is 18.3. The first-order valence-electron chi connectivity index (χ1n) is 6.56. The van der Waals surface area contributed by atoms with Crippen LogP contribution in [0.25, 0.3) is 0 Å². The van der Waals surface area contributed by atoms with Crippen molar-refractivity contribution in [2.45, 2.75) is 13.0 Å². The Morgan fingerprint density at radius 1 is 1.30 bits per heavy atom. The summed E-state index contributed by atoms with van der Waals surface area (Å²) >= 11 is 0. The zero-order valence-corrected chi connectivity index (χ0v) is 11.0. The highest BCUT2D eigenvalue weighted by atomic mass is 16.2. The van der Waals surface area contributed by atoms with Crippen molar-refractivity contribution >= 4 is 17.4 Å². The molecule has 0 aliphatic carbocycles. The monoisotopic (exact) mass is 268 g/mol. The summed E-state index contributed by atoms with van der Waals surface area (Å²) in [6, 6.07) is 11.2. The van der Waals surface area contributed by atoms with Gasteiger partial charge in [0.25, 0.3) is 0 Å². The first-order chi connectivity index (χ1) is 9.72. The molecule has 20 heavy (non-hydrogen) atoms. The van der Waals surface area contributed by atoms with E-state index in [0.29, 0.717) is 18.8 Å². The molecular formula is C15H16N4O. The predicted octanol–water partition coefficient (Wildman–Crippen LogP) is 2.25. The highest BCUT2D eigenvalue weighted by Gasteiger charge is 2.21. The van der Waals surface area contributed by atoms with Crippen LogP contribution in [0.2, 0.25) is 0 Å². The molecule has 102 valence electrons. The van der Waals surface area contributed by atoms with Crippen LogP contribution in [0, 0.1) is 0 Å². The van der Waals surface area contributed by atoms with Crippen LogP contribution in [0.3, 0.4) is 0 Å². The van der Waals surface area contributed by atoms with E-state index in [2.05, 4.69) is 10.3 Å². The molecule has 0 fully saturated rings. The lowest BCUT2D eigenvalue weighted by molar-refractivity contribution is 0.206. The lowest BCUT2D eigenvalue weighted by Crippen LogP contribution is -2.39. The summed E-state index contributed by atoms with van der Waals surface area (Å²) in [6.07, 6.45) is 2.43. The third-order valence-corrected chi connectivity index (χ3v) is 3.37. The Morgan fingerprint density at radius 2 is 2.10 bits per heavy atom. The van der Waals surface area contributed by atoms with Gasteiger partial charge < -0.3 is 16.0 Å². The van der Waals surface area contributed by atoms with Crippen molar-refractivity contribution < 1.29 is 4.79 Å². The summed E-state index contributed by atoms with van der Waals surface area (Å²) in [5.41, 5.74) is 9.24. The lowest BCUT2D eigenvalue weighted by atomic mass is 10.1. The topological polar surface area (TPSA) is 71.2 Å². The maximum Gasteiger partial charge on any atom is 0.322 e. The molecule has 0 atom stereocenters. The second-order valence-corrected chi connectivity index (χ2v) is 4.84. The van der Waals surface area contributed by atoms with Gasteiger partial charge in [-0.2, -0.15) is 0 Å². The second-order valence-electron chi connectivity index (χ2n) is 4.84. The summed E-state index contributed by atoms with van der Waals surface area (Å²) in [5.74, 6) is 0. The molecule has 0 bridgehead atoms. The Morgan fingerprint density at radius 3 is 2.90 bits per heavy atom. The minimum absolute atomic E-state index is 0.0933. The van der Waals surface area contributed by atoms with Gasteiger partial charge in [-0.15, -0.1) is 0 Å². The van der Waals surface area contributed by atoms with Crippen molar-refractivity contribution in [2.24, 2.45) is 0 Å². The molecule has 1 aliphatic heterocycles. The van der Waals surface area contributed by atoms with Crippen LogP contribution in [0.15, 0.2) is 42.6 Å². The van der Waals surface area contributed by atoms with E-state index >= 15 is 0 Å². The molecule has 3 N–H and O–H groups in total. The Hall–Kier alpha value is -2.56. The van der Waals surface area contributed by atoms with Crippen molar-refractivity contribution in [3.05, 3.63) is 53.9 Å². The molecule has 1 aromatic heterocycles. The number of urea groups is 1. The van der Waals surface area contributed by atoms with Gasteiger partial charge in [0.2, 0.25) is 0 Å². The van der Waals surface area contributed by atoms with Crippen LogP contribution in [-0.2, 0) is 13.0 Å². The molecule has 0 saturated carbocycles. The first kappa shape index (κ1) is 12.5. The average molecular weight is 268 g/mol. The quantitative estimate of drug-likeness (QED) is 0.833. The number of benzene rings is 1. The second kappa shape index (κ2) is 5.21. The van der Waals surface area contributed by atoms with Crippen LogP contribution in [-0.4, -0.2) is 22.5 Å². The number of pyridine rings is 1. The standard InChI is InChI=1S/C15H16N4O/c16-12-8-11-10-19(7-6-14(11)17-9-12)15(20)18-13-4-2-1-3-5-13/h1-5,8-9H,6-7,10,16H2,(H,18,20). The van der Waals surface area contributed by atoms with Gasteiger partial charge in [0.1, 0.15) is 0 Å². The fraction of sp³-hybridized carbons (Fsp3) is 0.200. The van der Waals surface area contributed by atoms with Gasteiger partial charge in [0.05, 0.1) is 11.9 Å². The molecular weight excluding hydrogens is 252 g/mol. The van der Waals surface area contributed by atoms with Crippen LogP contribution in [0.5, 0.6) is 0 Å². The number of carbonyl (C=O) groups excluding carboxylic acids is 1. The number of rotatable bonds is 1. The molecule has 1 aromatic carbocycles. The number of hydrogen-bond donors (Lipinski definition) is 2. The normalized spacial score (nSPS) is 13.7. The number of amides is 2. The molecule has 3 rings (SSSR count). The van der Waals surface area contributed by atoms with Gasteiger partial charge in [0.15, 0.2) is 0 Å². The smallest absolute Gasteiger partial charge is 0.322 e. The summed E-state index contributed by atoms with van der Waals surface area (Å²) in [5, 5.41) is 2.89. The summed E-state index contributed by atoms with van der Waals surface area (Å²) in [6.45, 7) is 1.22. The maximum absolute atomic E-state index is 12.2. The van der Waals surface area contributed by atoms with E-state index in [0.717, 1.165) is 23.4 Å². The Labute approximate surface area is 117 Å². The van der Waals surface area contributed by atoms with Gasteiger partial charge in [0, 0.05) is 30.9 Å². The Balaban J connectivity index is 1.72. The van der Waals surface area contributed by atoms with Gasteiger partial charge in [-0.25, -0.2) is 4.79 Å². The molecule has 2 amide bonds. The number of aromatic nitrogens is 1. The minimum Gasteiger partial charge on any atom is -0.397 e. The van der Waals surface area contributed by atoms with Gasteiger partial charge in [-0.05, 0) is 23.8 Å². The molecule has 0 unspecified atom stereocenters. The molecule has 5 nitrogen and oxygen atoms in total. The van der Waals surface area contributed by atoms with Crippen molar-refractivity contribution in [2.75, 3.05) is 17.6 Å². The third-order valence-electron chi connectivity index (χ3n) is 3.37. The Kier molecular flexibility index (Phi) is 3.25. The first-order valence-corrected chi connectivity index (χ1v) is 6.56. The fourth-order valence-corrected chi connectivity index (χ4v) is 2.34. The molecule has 2 aromatic rings. The van der Waals surface area contributed by atoms with E-state index in [9.17, 15) is 4.79 Å². The van der Waals surface area contributed by atoms with Crippen molar-refractivity contribution in [1.29, 1.82) is 0 Å². The zero-order chi connectivity index (χ0) is 13.9. The number of nitrogen functional groups attached to an aromatic ring is 1. The number of fused-ring (bicyclic) bond motifs is 1. The number of nitrogens with zero attached hydrogens (tertiary/aromatic N) is 2. The third kappa shape index (κ3) is 2.56. The van der Waals surface area contributed by atoms with Crippen LogP contribution >= 0.6 is 0 Å². The zero-order valence-electron chi connectivity index (χ0n) is 11.0. The summed E-state index contributed by atoms with van der Waals surface area (Å²) < 4.78 is 0. The van der Waals surface area contributed by atoms with Crippen molar-refractivity contribution in [1.82, 2.24) is 9.88 Å². The van der Waals surface area contributed by atoms with Crippen molar-refractivity contribution in [3.8, 4) is 0 Å². The molecule has 0 saturated heterocycles. The number of anilines is 2. The summed E-state index contributed by atoms with van der Waals surface area (Å²) in [7, 11) is 0. The number of hydrogen-bond acceptors (Lipinski definition) is 3. The molecule has 0 spiro atoms. The van der Waals surface area contributed by atoms with E-state index in [1.807, 2.05) is 36.4 Å². The van der Waals surface area contributed by atoms with E-state index in [1.165, 1.54) is 0 Å². The molecule has 2 heterocycles. The minimum atomic E-state index is -0.0933. The largest absolute Gasteiger partial charge is 0.397 e. The van der Waals surface area contributed by atoms with E-state index < -0.39 is 0 Å². The van der Waals surface area contributed by atoms with E-state index in [1.54, 1.807) is 11.1 Å². The number of nitrogens with one attached hydrogen (secondary N) is 1. The van der Waals surface area contributed by atoms with Gasteiger partial charge >= 0.3 is 6.03 Å². The highest BCUT2D eigenvalue weighted by Crippen LogP contribution is 2.19. The fourth-order valence-electron chi connectivity index (χ4n) is 2.34. The molecule has 5 heteroatoms. The van der Waals surface area contributed by atoms with Crippen LogP contribution in [0.4, 0.5) is 16.2 Å². The van der Waals surface area contributed by atoms with Crippen LogP contribution < -0.4 is 11.1 Å². The highest BCUT2D eigenvalue weighted by molar-refractivity contribution is 5.89. The van der Waals surface area contributed by atoms with E-state index in [-0.39, 0.29) is 6.03 Å². The van der Waals surface area contributed by atoms with Crippen LogP contribution in [0.1, 0.15) is 11.3 Å². The van der Waals surface area contributed by atoms with Gasteiger partial charge in [-0.3, -0.25) is 4.98 Å². The average Bonchev–Trinajstić information content (AvgIpc) is 2.47. The number of para-hydroxylation sites is 1. The number of nitrogens with two attached hydrogens (primary N) is 1. The predicted molar refractivity (Wildman–Crippen MR) is 78.2 cm³/mol. The van der Waals surface area contributed by atoms with Gasteiger partial charge in [-0.1, -0.05) is 18.2 Å².